The Balaban J connectivity index is 1.81. The zero-order valence-electron chi connectivity index (χ0n) is 13.4. The third-order valence-electron chi connectivity index (χ3n) is 5.14. The number of halogens is 3. The van der Waals surface area contributed by atoms with Gasteiger partial charge in [0, 0.05) is 24.1 Å². The first kappa shape index (κ1) is 17.2. The first-order valence-electron chi connectivity index (χ1n) is 8.17. The number of carbonyl (C=O) groups is 1. The van der Waals surface area contributed by atoms with Gasteiger partial charge in [0.25, 0.3) is 0 Å². The average Bonchev–Trinajstić information content (AvgIpc) is 3.02. The van der Waals surface area contributed by atoms with Crippen LogP contribution in [0.3, 0.4) is 0 Å². The molecule has 132 valence electrons. The lowest BCUT2D eigenvalue weighted by atomic mass is 9.94. The van der Waals surface area contributed by atoms with Crippen molar-refractivity contribution < 1.29 is 23.1 Å². The van der Waals surface area contributed by atoms with E-state index in [2.05, 4.69) is 5.32 Å². The van der Waals surface area contributed by atoms with Crippen LogP contribution in [0.1, 0.15) is 42.2 Å². The fraction of sp³-hybridized carbons (Fsp3) is 0.588. The normalized spacial score (nSPS) is 27.2. The monoisotopic (exact) mass is 342 g/mol. The summed E-state index contributed by atoms with van der Waals surface area (Å²) < 4.78 is 38.7. The van der Waals surface area contributed by atoms with E-state index < -0.39 is 18.0 Å². The highest BCUT2D eigenvalue weighted by atomic mass is 19.4. The molecule has 1 aliphatic carbocycles. The van der Waals surface area contributed by atoms with Crippen LogP contribution in [0.5, 0.6) is 0 Å². The van der Waals surface area contributed by atoms with Crippen molar-refractivity contribution in [3.8, 4) is 0 Å². The molecule has 1 fully saturated rings. The Morgan fingerprint density at radius 2 is 2.08 bits per heavy atom. The lowest BCUT2D eigenvalue weighted by Crippen LogP contribution is -2.43. The molecule has 1 aliphatic heterocycles. The van der Waals surface area contributed by atoms with Crippen molar-refractivity contribution in [3.63, 3.8) is 0 Å². The highest BCUT2D eigenvalue weighted by Gasteiger charge is 2.38. The maximum absolute atomic E-state index is 12.9. The third-order valence-corrected chi connectivity index (χ3v) is 5.14. The molecule has 0 spiro atoms. The van der Waals surface area contributed by atoms with E-state index in [0.717, 1.165) is 25.0 Å². The third kappa shape index (κ3) is 3.15. The van der Waals surface area contributed by atoms with Crippen LogP contribution in [0.25, 0.3) is 0 Å². The Bertz CT molecular complexity index is 633. The molecule has 2 N–H and O–H groups in total. The summed E-state index contributed by atoms with van der Waals surface area (Å²) in [6, 6.07) is 3.67. The molecule has 3 rings (SSSR count). The van der Waals surface area contributed by atoms with Gasteiger partial charge in [-0.1, -0.05) is 6.07 Å². The summed E-state index contributed by atoms with van der Waals surface area (Å²) in [6.07, 6.45) is -2.98. The summed E-state index contributed by atoms with van der Waals surface area (Å²) in [5.41, 5.74) is 0.0531. The largest absolute Gasteiger partial charge is 0.416 e. The number of benzene rings is 1. The fourth-order valence-electron chi connectivity index (χ4n) is 3.70. The van der Waals surface area contributed by atoms with E-state index in [0.29, 0.717) is 24.9 Å². The number of carbonyl (C=O) groups excluding carboxylic acids is 1. The average molecular weight is 342 g/mol. The number of hydrogen-bond donors (Lipinski definition) is 2. The van der Waals surface area contributed by atoms with Gasteiger partial charge in [-0.2, -0.15) is 13.2 Å². The predicted molar refractivity (Wildman–Crippen MR) is 82.0 cm³/mol. The van der Waals surface area contributed by atoms with Gasteiger partial charge in [-0.05, 0) is 50.4 Å². The summed E-state index contributed by atoms with van der Waals surface area (Å²) in [7, 11) is 1.85. The number of fused-ring (bicyclic) bond motifs is 1. The van der Waals surface area contributed by atoms with Crippen molar-refractivity contribution in [1.82, 2.24) is 10.2 Å². The van der Waals surface area contributed by atoms with Crippen molar-refractivity contribution in [1.29, 1.82) is 0 Å². The number of nitrogens with zero attached hydrogens (tertiary/aromatic N) is 1. The number of aliphatic hydroxyl groups excluding tert-OH is 1. The topological polar surface area (TPSA) is 52.6 Å². The Hall–Kier alpha value is -1.60. The van der Waals surface area contributed by atoms with E-state index in [-0.39, 0.29) is 23.4 Å². The minimum absolute atomic E-state index is 0.164. The second-order valence-electron chi connectivity index (χ2n) is 6.56. The Morgan fingerprint density at radius 1 is 1.33 bits per heavy atom. The van der Waals surface area contributed by atoms with Crippen LogP contribution in [0.4, 0.5) is 13.2 Å². The molecule has 3 unspecified atom stereocenters. The van der Waals surface area contributed by atoms with Gasteiger partial charge in [0.1, 0.15) is 0 Å². The molecule has 1 heterocycles. The summed E-state index contributed by atoms with van der Waals surface area (Å²) in [5.74, 6) is -0.340. The van der Waals surface area contributed by atoms with E-state index >= 15 is 0 Å². The molecule has 2 aliphatic rings. The predicted octanol–water partition coefficient (Wildman–Crippen LogP) is 2.47. The fourth-order valence-corrected chi connectivity index (χ4v) is 3.70. The van der Waals surface area contributed by atoms with E-state index in [9.17, 15) is 23.1 Å². The molecule has 4 nitrogen and oxygen atoms in total. The first-order valence-corrected chi connectivity index (χ1v) is 8.17. The van der Waals surface area contributed by atoms with E-state index in [1.165, 1.54) is 11.0 Å². The van der Waals surface area contributed by atoms with Crippen molar-refractivity contribution in [2.75, 3.05) is 13.6 Å². The summed E-state index contributed by atoms with van der Waals surface area (Å²) in [6.45, 7) is 0.332. The molecule has 1 saturated carbocycles. The van der Waals surface area contributed by atoms with Crippen molar-refractivity contribution >= 4 is 5.91 Å². The van der Waals surface area contributed by atoms with Crippen molar-refractivity contribution in [3.05, 3.63) is 34.9 Å². The molecule has 0 bridgehead atoms. The molecular weight excluding hydrogens is 321 g/mol. The van der Waals surface area contributed by atoms with Crippen LogP contribution >= 0.6 is 0 Å². The van der Waals surface area contributed by atoms with Gasteiger partial charge in [0.2, 0.25) is 5.91 Å². The molecule has 7 heteroatoms. The number of hydrogen-bond acceptors (Lipinski definition) is 3. The number of rotatable bonds is 2. The molecule has 1 aromatic carbocycles. The quantitative estimate of drug-likeness (QED) is 0.868. The van der Waals surface area contributed by atoms with Crippen molar-refractivity contribution in [2.45, 2.75) is 44.1 Å². The lowest BCUT2D eigenvalue weighted by Gasteiger charge is -2.36. The minimum atomic E-state index is -4.47. The standard InChI is InChI=1S/C17H21F3N2O2/c1-21-13-5-3-11(8-13)15(23)22-7-6-10-2-4-12(17(18,19)20)9-14(10)16(22)24/h2,4,9,11,13,16,21,24H,3,5-8H2,1H3. The number of amides is 1. The van der Waals surface area contributed by atoms with Crippen LogP contribution in [-0.4, -0.2) is 35.5 Å². The van der Waals surface area contributed by atoms with Gasteiger partial charge in [-0.15, -0.1) is 0 Å². The maximum atomic E-state index is 12.9. The van der Waals surface area contributed by atoms with Gasteiger partial charge >= 0.3 is 6.18 Å². The van der Waals surface area contributed by atoms with Crippen LogP contribution in [0, 0.1) is 5.92 Å². The molecule has 0 aromatic heterocycles. The Kier molecular flexibility index (Phi) is 4.57. The molecule has 1 amide bonds. The van der Waals surface area contributed by atoms with E-state index in [1.807, 2.05) is 7.05 Å². The second kappa shape index (κ2) is 6.37. The zero-order chi connectivity index (χ0) is 17.5. The van der Waals surface area contributed by atoms with E-state index in [1.54, 1.807) is 0 Å². The number of nitrogens with one attached hydrogen (secondary N) is 1. The van der Waals surface area contributed by atoms with Crippen LogP contribution < -0.4 is 5.32 Å². The van der Waals surface area contributed by atoms with Gasteiger partial charge in [0.05, 0.1) is 5.56 Å². The summed E-state index contributed by atoms with van der Waals surface area (Å²) >= 11 is 0. The first-order chi connectivity index (χ1) is 11.3. The van der Waals surface area contributed by atoms with Gasteiger partial charge < -0.3 is 15.3 Å². The molecule has 0 saturated heterocycles. The summed E-state index contributed by atoms with van der Waals surface area (Å²) in [4.78, 5) is 14.0. The van der Waals surface area contributed by atoms with E-state index in [4.69, 9.17) is 0 Å². The molecular formula is C17H21F3N2O2. The lowest BCUT2D eigenvalue weighted by molar-refractivity contribution is -0.147. The molecule has 0 radical (unpaired) electrons. The SMILES string of the molecule is CNC1CCC(C(=O)N2CCc3ccc(C(F)(F)F)cc3C2O)C1. The molecule has 1 aromatic rings. The smallest absolute Gasteiger partial charge is 0.369 e. The highest BCUT2D eigenvalue weighted by Crippen LogP contribution is 2.37. The summed E-state index contributed by atoms with van der Waals surface area (Å²) in [5, 5.41) is 13.6. The highest BCUT2D eigenvalue weighted by molar-refractivity contribution is 5.80. The maximum Gasteiger partial charge on any atom is 0.416 e. The zero-order valence-corrected chi connectivity index (χ0v) is 13.4. The van der Waals surface area contributed by atoms with Gasteiger partial charge in [-0.3, -0.25) is 4.79 Å². The van der Waals surface area contributed by atoms with Crippen LogP contribution in [-0.2, 0) is 17.4 Å². The van der Waals surface area contributed by atoms with Crippen LogP contribution in [0.15, 0.2) is 18.2 Å². The van der Waals surface area contributed by atoms with Gasteiger partial charge in [0.15, 0.2) is 6.23 Å². The second-order valence-corrected chi connectivity index (χ2v) is 6.56. The molecule has 24 heavy (non-hydrogen) atoms. The Morgan fingerprint density at radius 3 is 2.71 bits per heavy atom. The van der Waals surface area contributed by atoms with Gasteiger partial charge in [-0.25, -0.2) is 0 Å². The Labute approximate surface area is 138 Å². The van der Waals surface area contributed by atoms with Crippen LogP contribution in [0.2, 0.25) is 0 Å². The number of aliphatic hydroxyl groups is 1. The minimum Gasteiger partial charge on any atom is -0.369 e. The molecule has 3 atom stereocenters. The number of alkyl halides is 3. The van der Waals surface area contributed by atoms with Crippen molar-refractivity contribution in [2.24, 2.45) is 5.92 Å².